The largest absolute Gasteiger partial charge is 0.455 e. The SMILES string of the molecule is c1ccc(-c2ccc(N(c3ccc(-c4cccc5c4oc4ccccc45)cc3)c3ccc4oc5c6ccccc6ccc5c4c3-c3cccc(-c4cccc5c4sc4ccccc45)c3)cc2)cc1. The van der Waals surface area contributed by atoms with E-state index in [-0.39, 0.29) is 0 Å². The number of hydrogen-bond acceptors (Lipinski definition) is 4. The molecule has 0 aliphatic heterocycles. The maximum absolute atomic E-state index is 6.94. The van der Waals surface area contributed by atoms with Crippen LogP contribution in [0.4, 0.5) is 17.1 Å². The molecule has 0 amide bonds. The highest BCUT2D eigenvalue weighted by Crippen LogP contribution is 2.50. The molecule has 14 aromatic rings. The average Bonchev–Trinajstić information content (AvgIpc) is 4.11. The normalized spacial score (nSPS) is 11.8. The molecule has 0 N–H and O–H groups in total. The van der Waals surface area contributed by atoms with Crippen molar-refractivity contribution in [3.63, 3.8) is 0 Å². The molecule has 0 radical (unpaired) electrons. The van der Waals surface area contributed by atoms with Gasteiger partial charge in [0.25, 0.3) is 0 Å². The Morgan fingerprint density at radius 2 is 0.956 bits per heavy atom. The Bertz CT molecular complexity index is 4250. The number of nitrogens with zero attached hydrogens (tertiary/aromatic N) is 1. The molecule has 3 heterocycles. The van der Waals surface area contributed by atoms with Gasteiger partial charge in [-0.1, -0.05) is 176 Å². The van der Waals surface area contributed by atoms with Crippen molar-refractivity contribution in [2.75, 3.05) is 4.90 Å². The van der Waals surface area contributed by atoms with E-state index in [9.17, 15) is 0 Å². The standard InChI is InChI=1S/C64H39NO2S/c1-2-13-40(14-3-1)41-27-32-46(33-28-41)65(47-34-29-43(30-35-47)49-21-11-23-53-51-19-6-8-25-57(51)66-62(49)53)56-37-38-58-61(55-36-31-42-15-4-5-18-48(42)63(55)67-58)60(56)45-17-10-16-44(39-45)50-22-12-24-54-52-20-7-9-26-59(52)68-64(50)54/h1-39H. The number of rotatable bonds is 7. The molecule has 0 atom stereocenters. The van der Waals surface area contributed by atoms with Gasteiger partial charge in [-0.3, -0.25) is 0 Å². The quantitative estimate of drug-likeness (QED) is 0.160. The van der Waals surface area contributed by atoms with Crippen molar-refractivity contribution >= 4 is 103 Å². The van der Waals surface area contributed by atoms with Gasteiger partial charge in [-0.2, -0.15) is 0 Å². The van der Waals surface area contributed by atoms with Gasteiger partial charge in [-0.15, -0.1) is 11.3 Å². The Morgan fingerprint density at radius 1 is 0.338 bits per heavy atom. The van der Waals surface area contributed by atoms with Crippen LogP contribution in [0.2, 0.25) is 0 Å². The maximum Gasteiger partial charge on any atom is 0.143 e. The third kappa shape index (κ3) is 6.12. The van der Waals surface area contributed by atoms with Crippen LogP contribution in [0, 0.1) is 0 Å². The van der Waals surface area contributed by atoms with Crippen molar-refractivity contribution in [1.29, 1.82) is 0 Å². The Hall–Kier alpha value is -8.70. The molecule has 0 fully saturated rings. The van der Waals surface area contributed by atoms with E-state index in [4.69, 9.17) is 8.83 Å². The number of furan rings is 2. The zero-order valence-electron chi connectivity index (χ0n) is 36.7. The highest BCUT2D eigenvalue weighted by atomic mass is 32.1. The van der Waals surface area contributed by atoms with Crippen LogP contribution in [0.25, 0.3) is 119 Å². The van der Waals surface area contributed by atoms with Crippen LogP contribution in [-0.4, -0.2) is 0 Å². The summed E-state index contributed by atoms with van der Waals surface area (Å²) in [5.74, 6) is 0. The van der Waals surface area contributed by atoms with Crippen molar-refractivity contribution in [2.24, 2.45) is 0 Å². The second kappa shape index (κ2) is 15.5. The highest BCUT2D eigenvalue weighted by Gasteiger charge is 2.25. The van der Waals surface area contributed by atoms with Crippen LogP contribution < -0.4 is 4.90 Å². The van der Waals surface area contributed by atoms with E-state index in [1.54, 1.807) is 0 Å². The second-order valence-corrected chi connectivity index (χ2v) is 18.6. The van der Waals surface area contributed by atoms with Gasteiger partial charge in [0, 0.05) is 69.6 Å². The molecule has 0 saturated carbocycles. The van der Waals surface area contributed by atoms with Gasteiger partial charge in [-0.25, -0.2) is 0 Å². The molecule has 0 aliphatic carbocycles. The maximum atomic E-state index is 6.94. The first-order valence-corrected chi connectivity index (χ1v) is 23.9. The van der Waals surface area contributed by atoms with E-state index in [1.165, 1.54) is 36.9 Å². The minimum atomic E-state index is 0.848. The molecular formula is C64H39NO2S. The van der Waals surface area contributed by atoms with Crippen molar-refractivity contribution in [3.05, 3.63) is 237 Å². The number of hydrogen-bond donors (Lipinski definition) is 0. The van der Waals surface area contributed by atoms with Crippen LogP contribution in [0.5, 0.6) is 0 Å². The van der Waals surface area contributed by atoms with Crippen LogP contribution in [0.3, 0.4) is 0 Å². The Balaban J connectivity index is 1.01. The molecular weight excluding hydrogens is 847 g/mol. The summed E-state index contributed by atoms with van der Waals surface area (Å²) in [5.41, 5.74) is 15.8. The summed E-state index contributed by atoms with van der Waals surface area (Å²) in [7, 11) is 0. The van der Waals surface area contributed by atoms with E-state index in [0.717, 1.165) is 99.5 Å². The van der Waals surface area contributed by atoms with Crippen molar-refractivity contribution in [2.45, 2.75) is 0 Å². The number of benzene rings is 11. The third-order valence-electron chi connectivity index (χ3n) is 13.7. The molecule has 318 valence electrons. The lowest BCUT2D eigenvalue weighted by atomic mass is 9.92. The van der Waals surface area contributed by atoms with Crippen LogP contribution in [0.15, 0.2) is 245 Å². The summed E-state index contributed by atoms with van der Waals surface area (Å²) in [5, 5.41) is 9.24. The average molecular weight is 886 g/mol. The fourth-order valence-electron chi connectivity index (χ4n) is 10.5. The lowest BCUT2D eigenvalue weighted by Crippen LogP contribution is -2.11. The Morgan fingerprint density at radius 3 is 1.79 bits per heavy atom. The van der Waals surface area contributed by atoms with E-state index >= 15 is 0 Å². The molecule has 14 rings (SSSR count). The molecule has 0 aliphatic rings. The minimum absolute atomic E-state index is 0.848. The summed E-state index contributed by atoms with van der Waals surface area (Å²) in [6, 6.07) is 85.2. The molecule has 4 heteroatoms. The smallest absolute Gasteiger partial charge is 0.143 e. The number of thiophene rings is 1. The first-order valence-electron chi connectivity index (χ1n) is 23.1. The van der Waals surface area contributed by atoms with Gasteiger partial charge in [0.05, 0.1) is 5.69 Å². The van der Waals surface area contributed by atoms with Gasteiger partial charge in [0.2, 0.25) is 0 Å². The monoisotopic (exact) mass is 885 g/mol. The molecule has 3 nitrogen and oxygen atoms in total. The van der Waals surface area contributed by atoms with Crippen LogP contribution in [0.1, 0.15) is 0 Å². The van der Waals surface area contributed by atoms with Crippen molar-refractivity contribution in [3.8, 4) is 44.5 Å². The number of fused-ring (bicyclic) bond motifs is 11. The summed E-state index contributed by atoms with van der Waals surface area (Å²) in [4.78, 5) is 2.41. The molecule has 0 unspecified atom stereocenters. The Labute approximate surface area is 396 Å². The second-order valence-electron chi connectivity index (χ2n) is 17.5. The predicted octanol–water partition coefficient (Wildman–Crippen LogP) is 19.1. The van der Waals surface area contributed by atoms with Gasteiger partial charge in [0.1, 0.15) is 22.3 Å². The Kier molecular flexibility index (Phi) is 8.76. The molecule has 11 aromatic carbocycles. The fraction of sp³-hybridized carbons (Fsp3) is 0. The molecule has 68 heavy (non-hydrogen) atoms. The highest BCUT2D eigenvalue weighted by molar-refractivity contribution is 7.26. The predicted molar refractivity (Wildman–Crippen MR) is 288 cm³/mol. The fourth-order valence-corrected chi connectivity index (χ4v) is 11.7. The van der Waals surface area contributed by atoms with Crippen LogP contribution in [-0.2, 0) is 0 Å². The lowest BCUT2D eigenvalue weighted by molar-refractivity contribution is 0.670. The van der Waals surface area contributed by atoms with Gasteiger partial charge in [0.15, 0.2) is 0 Å². The first kappa shape index (κ1) is 38.6. The van der Waals surface area contributed by atoms with E-state index in [0.29, 0.717) is 0 Å². The first-order chi connectivity index (χ1) is 33.7. The summed E-state index contributed by atoms with van der Waals surface area (Å²) >= 11 is 1.87. The summed E-state index contributed by atoms with van der Waals surface area (Å²) < 4.78 is 16.1. The van der Waals surface area contributed by atoms with Crippen molar-refractivity contribution < 1.29 is 8.83 Å². The molecule has 0 saturated heterocycles. The van der Waals surface area contributed by atoms with E-state index in [1.807, 2.05) is 23.5 Å². The van der Waals surface area contributed by atoms with E-state index < -0.39 is 0 Å². The van der Waals surface area contributed by atoms with Gasteiger partial charge < -0.3 is 13.7 Å². The van der Waals surface area contributed by atoms with Crippen LogP contribution >= 0.6 is 11.3 Å². The number of para-hydroxylation sites is 2. The zero-order valence-corrected chi connectivity index (χ0v) is 37.5. The molecule has 3 aromatic heterocycles. The summed E-state index contributed by atoms with van der Waals surface area (Å²) in [6.45, 7) is 0. The number of anilines is 3. The van der Waals surface area contributed by atoms with Gasteiger partial charge in [-0.05, 0) is 99.4 Å². The zero-order chi connectivity index (χ0) is 44.7. The minimum Gasteiger partial charge on any atom is -0.455 e. The van der Waals surface area contributed by atoms with Crippen molar-refractivity contribution in [1.82, 2.24) is 0 Å². The summed E-state index contributed by atoms with van der Waals surface area (Å²) in [6.07, 6.45) is 0. The third-order valence-corrected chi connectivity index (χ3v) is 14.9. The molecule has 0 bridgehead atoms. The molecule has 0 spiro atoms. The van der Waals surface area contributed by atoms with E-state index in [2.05, 4.69) is 229 Å². The van der Waals surface area contributed by atoms with Gasteiger partial charge >= 0.3 is 0 Å². The topological polar surface area (TPSA) is 29.5 Å². The lowest BCUT2D eigenvalue weighted by Gasteiger charge is -2.29.